The molecule has 0 saturated carbocycles. The minimum atomic E-state index is -1.22. The van der Waals surface area contributed by atoms with Crippen LogP contribution in [0.3, 0.4) is 0 Å². The van der Waals surface area contributed by atoms with Crippen molar-refractivity contribution in [1.82, 2.24) is 15.3 Å². The van der Waals surface area contributed by atoms with Gasteiger partial charge in [0, 0.05) is 25.5 Å². The van der Waals surface area contributed by atoms with Gasteiger partial charge in [-0.3, -0.25) is 4.90 Å². The topological polar surface area (TPSA) is 111 Å². The van der Waals surface area contributed by atoms with E-state index in [1.54, 1.807) is 20.8 Å². The van der Waals surface area contributed by atoms with Gasteiger partial charge in [-0.25, -0.2) is 19.0 Å². The summed E-state index contributed by atoms with van der Waals surface area (Å²) in [7, 11) is 1.34. The summed E-state index contributed by atoms with van der Waals surface area (Å²) in [4.78, 5) is 34.1. The Kier molecular flexibility index (Phi) is 5.73. The summed E-state index contributed by atoms with van der Waals surface area (Å²) in [6, 6.07) is 2.33. The number of aromatic nitrogens is 2. The van der Waals surface area contributed by atoms with Crippen LogP contribution in [0.2, 0.25) is 5.02 Å². The number of carbonyl (C=O) groups excluding carboxylic acids is 1. The number of anilines is 2. The fourth-order valence-corrected chi connectivity index (χ4v) is 4.36. The maximum atomic E-state index is 14.5. The lowest BCUT2D eigenvalue weighted by Crippen LogP contribution is -2.40. The maximum absolute atomic E-state index is 14.5. The number of halogens is 2. The van der Waals surface area contributed by atoms with Gasteiger partial charge in [0.05, 0.1) is 39.5 Å². The molecule has 1 aliphatic rings. The quantitative estimate of drug-likeness (QED) is 0.503. The minimum absolute atomic E-state index is 0.158. The Balaban J connectivity index is 1.74. The summed E-state index contributed by atoms with van der Waals surface area (Å²) < 4.78 is 19.9. The van der Waals surface area contributed by atoms with Crippen molar-refractivity contribution in [3.8, 4) is 0 Å². The van der Waals surface area contributed by atoms with Gasteiger partial charge in [0.2, 0.25) is 0 Å². The number of rotatable bonds is 3. The van der Waals surface area contributed by atoms with Crippen LogP contribution < -0.4 is 15.1 Å². The molecule has 1 atom stereocenters. The molecule has 0 aliphatic carbocycles. The van der Waals surface area contributed by atoms with Crippen molar-refractivity contribution < 1.29 is 23.8 Å². The van der Waals surface area contributed by atoms with Gasteiger partial charge in [-0.2, -0.15) is 0 Å². The first-order valence-electron chi connectivity index (χ1n) is 10.4. The highest BCUT2D eigenvalue weighted by atomic mass is 35.5. The number of fused-ring (bicyclic) bond motifs is 3. The van der Waals surface area contributed by atoms with Crippen molar-refractivity contribution in [3.63, 3.8) is 0 Å². The average molecular weight is 478 g/mol. The second kappa shape index (κ2) is 8.26. The number of pyridine rings is 1. The van der Waals surface area contributed by atoms with Crippen LogP contribution in [0.25, 0.3) is 21.9 Å². The van der Waals surface area contributed by atoms with Crippen molar-refractivity contribution in [2.24, 2.45) is 0 Å². The molecule has 11 heteroatoms. The van der Waals surface area contributed by atoms with E-state index in [9.17, 15) is 19.1 Å². The number of alkyl carbamates (subject to hydrolysis) is 1. The van der Waals surface area contributed by atoms with Crippen LogP contribution in [0.15, 0.2) is 18.3 Å². The monoisotopic (exact) mass is 477 g/mol. The zero-order valence-electron chi connectivity index (χ0n) is 18.7. The Hall–Kier alpha value is -3.27. The second-order valence-electron chi connectivity index (χ2n) is 9.07. The molecule has 4 rings (SSSR count). The van der Waals surface area contributed by atoms with Gasteiger partial charge in [-0.15, -0.1) is 0 Å². The van der Waals surface area contributed by atoms with Crippen LogP contribution in [-0.4, -0.2) is 59.0 Å². The van der Waals surface area contributed by atoms with Crippen molar-refractivity contribution >= 4 is 57.1 Å². The molecular formula is C22H25ClFN5O4. The average Bonchev–Trinajstić information content (AvgIpc) is 3.30. The van der Waals surface area contributed by atoms with Crippen LogP contribution in [0.4, 0.5) is 25.4 Å². The number of hydrogen-bond acceptors (Lipinski definition) is 5. The molecule has 1 unspecified atom stereocenters. The van der Waals surface area contributed by atoms with Gasteiger partial charge in [0.15, 0.2) is 0 Å². The van der Waals surface area contributed by atoms with Crippen LogP contribution in [0, 0.1) is 5.82 Å². The van der Waals surface area contributed by atoms with Crippen molar-refractivity contribution in [2.45, 2.75) is 38.8 Å². The smallest absolute Gasteiger partial charge is 0.411 e. The van der Waals surface area contributed by atoms with E-state index in [2.05, 4.69) is 15.3 Å². The Labute approximate surface area is 194 Å². The number of H-pyrrole nitrogens is 1. The summed E-state index contributed by atoms with van der Waals surface area (Å²) in [5.41, 5.74) is 1.12. The number of hydrogen-bond donors (Lipinski definition) is 3. The van der Waals surface area contributed by atoms with E-state index in [4.69, 9.17) is 16.3 Å². The Morgan fingerprint density at radius 3 is 2.79 bits per heavy atom. The van der Waals surface area contributed by atoms with E-state index in [-0.39, 0.29) is 11.7 Å². The minimum Gasteiger partial charge on any atom is -0.465 e. The van der Waals surface area contributed by atoms with E-state index in [1.807, 2.05) is 4.90 Å². The highest BCUT2D eigenvalue weighted by Gasteiger charge is 2.30. The lowest BCUT2D eigenvalue weighted by molar-refractivity contribution is 0.0509. The highest BCUT2D eigenvalue weighted by molar-refractivity contribution is 6.36. The molecule has 2 aromatic heterocycles. The maximum Gasteiger partial charge on any atom is 0.411 e. The summed E-state index contributed by atoms with van der Waals surface area (Å²) in [6.07, 6.45) is 0.460. The predicted molar refractivity (Wildman–Crippen MR) is 125 cm³/mol. The molecule has 1 aromatic carbocycles. The number of nitrogens with one attached hydrogen (secondary N) is 2. The van der Waals surface area contributed by atoms with E-state index < -0.39 is 23.6 Å². The summed E-state index contributed by atoms with van der Waals surface area (Å²) >= 11 is 6.55. The third-order valence-corrected chi connectivity index (χ3v) is 5.75. The summed E-state index contributed by atoms with van der Waals surface area (Å²) in [5.74, 6) is -0.580. The number of ether oxygens (including phenoxy) is 1. The third-order valence-electron chi connectivity index (χ3n) is 5.48. The van der Waals surface area contributed by atoms with Crippen molar-refractivity contribution in [3.05, 3.63) is 29.2 Å². The fraction of sp³-hybridized carbons (Fsp3) is 0.409. The molecule has 176 valence electrons. The van der Waals surface area contributed by atoms with E-state index >= 15 is 0 Å². The molecule has 9 nitrogen and oxygen atoms in total. The number of carbonyl (C=O) groups is 2. The molecule has 1 aliphatic heterocycles. The Morgan fingerprint density at radius 2 is 2.12 bits per heavy atom. The molecule has 0 radical (unpaired) electrons. The van der Waals surface area contributed by atoms with Crippen LogP contribution in [0.5, 0.6) is 0 Å². The molecule has 1 saturated heterocycles. The molecule has 0 spiro atoms. The first-order chi connectivity index (χ1) is 15.4. The first-order valence-corrected chi connectivity index (χ1v) is 10.8. The number of aromatic amines is 1. The fourth-order valence-electron chi connectivity index (χ4n) is 4.10. The molecular weight excluding hydrogens is 453 g/mol. The van der Waals surface area contributed by atoms with Gasteiger partial charge in [-0.1, -0.05) is 11.6 Å². The van der Waals surface area contributed by atoms with E-state index in [1.165, 1.54) is 19.3 Å². The number of nitrogens with zero attached hydrogens (tertiary/aromatic N) is 3. The molecule has 3 N–H and O–H groups in total. The molecule has 1 fully saturated rings. The van der Waals surface area contributed by atoms with Gasteiger partial charge in [0.1, 0.15) is 17.1 Å². The highest BCUT2D eigenvalue weighted by Crippen LogP contribution is 2.41. The van der Waals surface area contributed by atoms with Crippen molar-refractivity contribution in [2.75, 3.05) is 29.9 Å². The summed E-state index contributed by atoms with van der Waals surface area (Å²) in [5, 5.41) is 13.7. The molecule has 3 aromatic rings. The van der Waals surface area contributed by atoms with Crippen LogP contribution in [-0.2, 0) is 4.74 Å². The third kappa shape index (κ3) is 4.47. The second-order valence-corrected chi connectivity index (χ2v) is 9.48. The largest absolute Gasteiger partial charge is 0.465 e. The molecule has 33 heavy (non-hydrogen) atoms. The number of benzene rings is 1. The normalized spacial score (nSPS) is 16.4. The molecule has 0 bridgehead atoms. The Morgan fingerprint density at radius 1 is 1.39 bits per heavy atom. The predicted octanol–water partition coefficient (Wildman–Crippen LogP) is 4.73. The van der Waals surface area contributed by atoms with Crippen LogP contribution in [0.1, 0.15) is 27.2 Å². The van der Waals surface area contributed by atoms with E-state index in [0.29, 0.717) is 52.2 Å². The number of carboxylic acid groups (broad SMARTS) is 1. The number of amides is 2. The van der Waals surface area contributed by atoms with Crippen LogP contribution >= 0.6 is 11.6 Å². The SMILES string of the molecule is CN(C(=O)O)c1cc(F)cc2c1[nH]c1ncc(Cl)c(N3CCC(NC(=O)OC(C)(C)C)C3)c12. The standard InChI is InChI=1S/C22H25ClFN5O4/c1-22(2,3)33-20(30)26-12-5-6-29(10-12)18-14(23)9-25-19-16(18)13-7-11(24)8-15(17(13)27-19)28(4)21(31)32/h7-9,12H,5-6,10H2,1-4H3,(H,25,27)(H,26,30)(H,31,32). The lowest BCUT2D eigenvalue weighted by Gasteiger charge is -2.23. The summed E-state index contributed by atoms with van der Waals surface area (Å²) in [6.45, 7) is 6.47. The van der Waals surface area contributed by atoms with Crippen molar-refractivity contribution in [1.29, 1.82) is 0 Å². The Bertz CT molecular complexity index is 1260. The van der Waals surface area contributed by atoms with E-state index in [0.717, 1.165) is 11.0 Å². The van der Waals surface area contributed by atoms with Gasteiger partial charge < -0.3 is 25.0 Å². The lowest BCUT2D eigenvalue weighted by atomic mass is 10.1. The zero-order valence-corrected chi connectivity index (χ0v) is 19.5. The van der Waals surface area contributed by atoms with Gasteiger partial charge in [-0.05, 0) is 39.3 Å². The van der Waals surface area contributed by atoms with Gasteiger partial charge >= 0.3 is 12.2 Å². The molecule has 2 amide bonds. The first kappa shape index (κ1) is 22.9. The van der Waals surface area contributed by atoms with Gasteiger partial charge in [0.25, 0.3) is 0 Å². The molecule has 3 heterocycles. The zero-order chi connectivity index (χ0) is 24.1.